The third kappa shape index (κ3) is 3.71. The summed E-state index contributed by atoms with van der Waals surface area (Å²) in [6.07, 6.45) is 3.78. The van der Waals surface area contributed by atoms with Gasteiger partial charge in [0.1, 0.15) is 0 Å². The van der Waals surface area contributed by atoms with Crippen molar-refractivity contribution in [3.05, 3.63) is 28.8 Å². The number of halogens is 1. The number of carbonyl (C=O) groups excluding carboxylic acids is 2. The first kappa shape index (κ1) is 16.6. The molecule has 2 atom stereocenters. The fourth-order valence-electron chi connectivity index (χ4n) is 3.01. The van der Waals surface area contributed by atoms with E-state index in [1.54, 1.807) is 18.2 Å². The van der Waals surface area contributed by atoms with Crippen LogP contribution in [0.25, 0.3) is 0 Å². The third-order valence-corrected chi connectivity index (χ3v) is 4.53. The lowest BCUT2D eigenvalue weighted by Gasteiger charge is -2.29. The lowest BCUT2D eigenvalue weighted by atomic mass is 9.79. The van der Waals surface area contributed by atoms with Gasteiger partial charge in [-0.3, -0.25) is 9.59 Å². The van der Waals surface area contributed by atoms with Gasteiger partial charge in [-0.15, -0.1) is 0 Å². The van der Waals surface area contributed by atoms with Gasteiger partial charge in [0.25, 0.3) is 5.91 Å². The molecule has 2 unspecified atom stereocenters. The smallest absolute Gasteiger partial charge is 0.309 e. The molecule has 0 aliphatic heterocycles. The Hall–Kier alpha value is -1.75. The van der Waals surface area contributed by atoms with Crippen LogP contribution < -0.4 is 11.1 Å². The molecule has 0 saturated heterocycles. The molecule has 1 aromatic carbocycles. The molecule has 1 aromatic rings. The highest BCUT2D eigenvalue weighted by molar-refractivity contribution is 6.34. The van der Waals surface area contributed by atoms with Crippen molar-refractivity contribution in [3.8, 4) is 0 Å². The van der Waals surface area contributed by atoms with Crippen molar-refractivity contribution < 1.29 is 14.3 Å². The summed E-state index contributed by atoms with van der Waals surface area (Å²) in [5, 5.41) is 3.17. The normalized spacial score (nSPS) is 21.2. The number of rotatable bonds is 4. The number of methoxy groups -OCH3 is 1. The van der Waals surface area contributed by atoms with Crippen LogP contribution in [0.5, 0.6) is 0 Å². The number of nitrogens with one attached hydrogen (secondary N) is 1. The highest BCUT2D eigenvalue weighted by atomic mass is 35.5. The van der Waals surface area contributed by atoms with Gasteiger partial charge in [0, 0.05) is 12.2 Å². The number of ether oxygens (including phenoxy) is 1. The molecule has 0 spiro atoms. The summed E-state index contributed by atoms with van der Waals surface area (Å²) < 4.78 is 4.86. The zero-order valence-corrected chi connectivity index (χ0v) is 13.4. The summed E-state index contributed by atoms with van der Waals surface area (Å²) >= 11 is 6.03. The standard InChI is InChI=1S/C16H21ClN2O3/c1-22-16(21)11-6-3-2-5-10(11)9-19-15(20)14-12(17)7-4-8-13(14)18/h4,7-8,10-11H,2-3,5-6,9,18H2,1H3,(H,19,20). The summed E-state index contributed by atoms with van der Waals surface area (Å²) in [5.74, 6) is -0.565. The Balaban J connectivity index is 2.02. The van der Waals surface area contributed by atoms with Crippen molar-refractivity contribution in [2.24, 2.45) is 11.8 Å². The molecule has 0 bridgehead atoms. The number of esters is 1. The van der Waals surface area contributed by atoms with Gasteiger partial charge in [-0.1, -0.05) is 30.5 Å². The number of nitrogen functional groups attached to an aromatic ring is 1. The first-order valence-corrected chi connectivity index (χ1v) is 7.82. The van der Waals surface area contributed by atoms with E-state index in [-0.39, 0.29) is 29.3 Å². The molecule has 6 heteroatoms. The van der Waals surface area contributed by atoms with Crippen molar-refractivity contribution >= 4 is 29.2 Å². The molecule has 0 radical (unpaired) electrons. The fourth-order valence-corrected chi connectivity index (χ4v) is 3.27. The zero-order valence-electron chi connectivity index (χ0n) is 12.6. The van der Waals surface area contributed by atoms with Crippen LogP contribution in [0.2, 0.25) is 5.02 Å². The first-order valence-electron chi connectivity index (χ1n) is 7.44. The average molecular weight is 325 g/mol. The van der Waals surface area contributed by atoms with E-state index in [1.807, 2.05) is 0 Å². The first-order chi connectivity index (χ1) is 10.5. The number of hydrogen-bond donors (Lipinski definition) is 2. The van der Waals surface area contributed by atoms with Gasteiger partial charge in [0.15, 0.2) is 0 Å². The topological polar surface area (TPSA) is 81.4 Å². The molecular weight excluding hydrogens is 304 g/mol. The SMILES string of the molecule is COC(=O)C1CCCCC1CNC(=O)c1c(N)cccc1Cl. The lowest BCUT2D eigenvalue weighted by molar-refractivity contribution is -0.148. The Bertz CT molecular complexity index is 542. The largest absolute Gasteiger partial charge is 0.469 e. The van der Waals surface area contributed by atoms with Crippen LogP contribution in [0, 0.1) is 11.8 Å². The quantitative estimate of drug-likeness (QED) is 0.659. The molecule has 1 saturated carbocycles. The minimum absolute atomic E-state index is 0.0915. The van der Waals surface area contributed by atoms with Crippen LogP contribution in [0.1, 0.15) is 36.0 Å². The number of benzene rings is 1. The predicted octanol–water partition coefficient (Wildman–Crippen LogP) is 2.63. The molecule has 5 nitrogen and oxygen atoms in total. The molecule has 1 aliphatic carbocycles. The molecule has 120 valence electrons. The molecule has 1 amide bonds. The molecule has 3 N–H and O–H groups in total. The molecule has 0 aromatic heterocycles. The van der Waals surface area contributed by atoms with Gasteiger partial charge in [-0.05, 0) is 30.9 Å². The predicted molar refractivity (Wildman–Crippen MR) is 85.7 cm³/mol. The van der Waals surface area contributed by atoms with Crippen molar-refractivity contribution in [1.29, 1.82) is 0 Å². The summed E-state index contributed by atoms with van der Waals surface area (Å²) in [7, 11) is 1.40. The van der Waals surface area contributed by atoms with Gasteiger partial charge in [-0.2, -0.15) is 0 Å². The van der Waals surface area contributed by atoms with Gasteiger partial charge in [0.2, 0.25) is 0 Å². The van der Waals surface area contributed by atoms with Gasteiger partial charge in [0.05, 0.1) is 23.6 Å². The number of hydrogen-bond acceptors (Lipinski definition) is 4. The minimum Gasteiger partial charge on any atom is -0.469 e. The van der Waals surface area contributed by atoms with Crippen LogP contribution in [0.3, 0.4) is 0 Å². The van der Waals surface area contributed by atoms with E-state index < -0.39 is 0 Å². The second kappa shape index (κ2) is 7.49. The van der Waals surface area contributed by atoms with Gasteiger partial charge in [-0.25, -0.2) is 0 Å². The van der Waals surface area contributed by atoms with Gasteiger partial charge < -0.3 is 15.8 Å². The minimum atomic E-state index is -0.308. The van der Waals surface area contributed by atoms with Crippen molar-refractivity contribution in [2.45, 2.75) is 25.7 Å². The molecule has 0 heterocycles. The molecule has 1 fully saturated rings. The summed E-state index contributed by atoms with van der Waals surface area (Å²) in [5.41, 5.74) is 6.44. The Kier molecular flexibility index (Phi) is 5.66. The van der Waals surface area contributed by atoms with Crippen molar-refractivity contribution in [1.82, 2.24) is 5.32 Å². The summed E-state index contributed by atoms with van der Waals surface area (Å²) in [6.45, 7) is 0.420. The van der Waals surface area contributed by atoms with E-state index in [1.165, 1.54) is 7.11 Å². The maximum absolute atomic E-state index is 12.3. The Morgan fingerprint density at radius 3 is 2.77 bits per heavy atom. The second-order valence-corrected chi connectivity index (χ2v) is 6.00. The Labute approximate surface area is 135 Å². The van der Waals surface area contributed by atoms with E-state index in [0.717, 1.165) is 25.7 Å². The highest BCUT2D eigenvalue weighted by Crippen LogP contribution is 2.30. The number of anilines is 1. The van der Waals surface area contributed by atoms with E-state index in [0.29, 0.717) is 17.3 Å². The lowest BCUT2D eigenvalue weighted by Crippen LogP contribution is -2.37. The Morgan fingerprint density at radius 1 is 1.36 bits per heavy atom. The molecule has 2 rings (SSSR count). The van der Waals surface area contributed by atoms with Gasteiger partial charge >= 0.3 is 5.97 Å². The monoisotopic (exact) mass is 324 g/mol. The van der Waals surface area contributed by atoms with Crippen LogP contribution in [-0.4, -0.2) is 25.5 Å². The van der Waals surface area contributed by atoms with Crippen LogP contribution >= 0.6 is 11.6 Å². The second-order valence-electron chi connectivity index (χ2n) is 5.59. The van der Waals surface area contributed by atoms with Crippen LogP contribution in [-0.2, 0) is 9.53 Å². The maximum atomic E-state index is 12.3. The summed E-state index contributed by atoms with van der Waals surface area (Å²) in [4.78, 5) is 24.1. The van der Waals surface area contributed by atoms with Crippen molar-refractivity contribution in [3.63, 3.8) is 0 Å². The van der Waals surface area contributed by atoms with E-state index >= 15 is 0 Å². The van der Waals surface area contributed by atoms with Crippen LogP contribution in [0.4, 0.5) is 5.69 Å². The zero-order chi connectivity index (χ0) is 16.1. The highest BCUT2D eigenvalue weighted by Gasteiger charge is 2.32. The molecular formula is C16H21ClN2O3. The van der Waals surface area contributed by atoms with E-state index in [9.17, 15) is 9.59 Å². The fraction of sp³-hybridized carbons (Fsp3) is 0.500. The Morgan fingerprint density at radius 2 is 2.09 bits per heavy atom. The average Bonchev–Trinajstić information content (AvgIpc) is 2.52. The molecule has 1 aliphatic rings. The maximum Gasteiger partial charge on any atom is 0.309 e. The summed E-state index contributed by atoms with van der Waals surface area (Å²) in [6, 6.07) is 4.96. The van der Waals surface area contributed by atoms with E-state index in [4.69, 9.17) is 22.1 Å². The molecule has 22 heavy (non-hydrogen) atoms. The van der Waals surface area contributed by atoms with Crippen molar-refractivity contribution in [2.75, 3.05) is 19.4 Å². The number of amides is 1. The van der Waals surface area contributed by atoms with E-state index in [2.05, 4.69) is 5.32 Å². The number of nitrogens with two attached hydrogens (primary N) is 1. The number of carbonyl (C=O) groups is 2. The third-order valence-electron chi connectivity index (χ3n) is 4.21. The van der Waals surface area contributed by atoms with Crippen LogP contribution in [0.15, 0.2) is 18.2 Å².